The second-order valence-electron chi connectivity index (χ2n) is 4.85. The van der Waals surface area contributed by atoms with E-state index in [9.17, 15) is 0 Å². The van der Waals surface area contributed by atoms with Crippen molar-refractivity contribution in [3.63, 3.8) is 0 Å². The van der Waals surface area contributed by atoms with Crippen molar-refractivity contribution in [1.82, 2.24) is 11.0 Å². The molecule has 1 rings (SSSR count). The highest BCUT2D eigenvalue weighted by Gasteiger charge is 2.42. The van der Waals surface area contributed by atoms with E-state index in [1.165, 1.54) is 6.42 Å². The Morgan fingerprint density at radius 2 is 1.50 bits per heavy atom. The van der Waals surface area contributed by atoms with Gasteiger partial charge in [0.15, 0.2) is 0 Å². The minimum absolute atomic E-state index is 0.0590. The number of nitrogens with zero attached hydrogens (tertiary/aromatic N) is 2. The molecular weight excluding hydrogens is 152 g/mol. The Bertz CT molecular complexity index is 150. The molecule has 0 aromatic rings. The van der Waals surface area contributed by atoms with E-state index in [4.69, 9.17) is 5.90 Å². The van der Waals surface area contributed by atoms with Crippen LogP contribution in [0.1, 0.15) is 47.0 Å². The SMILES string of the molecule is CC1(C)CCCC(C)(C)N1O[N]. The Hall–Kier alpha value is -0.120. The fourth-order valence-electron chi connectivity index (χ4n) is 2.20. The predicted molar refractivity (Wildman–Crippen MR) is 47.1 cm³/mol. The van der Waals surface area contributed by atoms with Crippen LogP contribution in [0.25, 0.3) is 0 Å². The van der Waals surface area contributed by atoms with E-state index in [2.05, 4.69) is 32.6 Å². The van der Waals surface area contributed by atoms with Gasteiger partial charge in [-0.1, -0.05) is 0 Å². The van der Waals surface area contributed by atoms with E-state index in [-0.39, 0.29) is 11.1 Å². The van der Waals surface area contributed by atoms with E-state index in [1.54, 1.807) is 5.06 Å². The van der Waals surface area contributed by atoms with Crippen LogP contribution in [0.4, 0.5) is 0 Å². The number of hydrogen-bond acceptors (Lipinski definition) is 2. The molecule has 0 atom stereocenters. The van der Waals surface area contributed by atoms with Crippen molar-refractivity contribution in [1.29, 1.82) is 0 Å². The van der Waals surface area contributed by atoms with Gasteiger partial charge in [-0.25, -0.2) is 0 Å². The summed E-state index contributed by atoms with van der Waals surface area (Å²) in [4.78, 5) is 4.46. The van der Waals surface area contributed by atoms with Gasteiger partial charge in [0.2, 0.25) is 0 Å². The van der Waals surface area contributed by atoms with Crippen molar-refractivity contribution in [2.75, 3.05) is 0 Å². The first-order valence-corrected chi connectivity index (χ1v) is 4.52. The minimum atomic E-state index is -0.0590. The average Bonchev–Trinajstić information content (AvgIpc) is 1.83. The number of hydroxylamine groups is 2. The summed E-state index contributed by atoms with van der Waals surface area (Å²) in [5.74, 6) is 8.79. The van der Waals surface area contributed by atoms with Crippen molar-refractivity contribution in [2.24, 2.45) is 0 Å². The molecule has 3 nitrogen and oxygen atoms in total. The molecule has 0 unspecified atom stereocenters. The summed E-state index contributed by atoms with van der Waals surface area (Å²) in [6.07, 6.45) is 3.33. The molecular formula is C9H18N2O. The highest BCUT2D eigenvalue weighted by molar-refractivity contribution is 4.92. The molecule has 0 amide bonds. The maximum Gasteiger partial charge on any atom is 0.0623 e. The zero-order valence-electron chi connectivity index (χ0n) is 8.42. The molecule has 0 aromatic carbocycles. The third-order valence-corrected chi connectivity index (χ3v) is 2.76. The van der Waals surface area contributed by atoms with Crippen molar-refractivity contribution >= 4 is 0 Å². The second kappa shape index (κ2) is 2.98. The summed E-state index contributed by atoms with van der Waals surface area (Å²) in [7, 11) is 0. The number of piperidine rings is 1. The van der Waals surface area contributed by atoms with Gasteiger partial charge in [0.1, 0.15) is 0 Å². The summed E-state index contributed by atoms with van der Waals surface area (Å²) in [6, 6.07) is 0. The van der Waals surface area contributed by atoms with Crippen LogP contribution in [-0.4, -0.2) is 16.1 Å². The first-order chi connectivity index (χ1) is 5.40. The normalized spacial score (nSPS) is 28.8. The lowest BCUT2D eigenvalue weighted by atomic mass is 9.82. The van der Waals surface area contributed by atoms with Gasteiger partial charge in [-0.3, -0.25) is 0 Å². The quantitative estimate of drug-likeness (QED) is 0.564. The molecule has 0 aromatic heterocycles. The third-order valence-electron chi connectivity index (χ3n) is 2.76. The van der Waals surface area contributed by atoms with Crippen LogP contribution in [-0.2, 0) is 4.94 Å². The monoisotopic (exact) mass is 170 g/mol. The van der Waals surface area contributed by atoms with E-state index in [0.29, 0.717) is 0 Å². The molecule has 3 heteroatoms. The zero-order valence-corrected chi connectivity index (χ0v) is 8.42. The van der Waals surface area contributed by atoms with Crippen LogP contribution in [0.2, 0.25) is 0 Å². The van der Waals surface area contributed by atoms with Crippen molar-refractivity contribution < 1.29 is 4.94 Å². The van der Waals surface area contributed by atoms with Gasteiger partial charge >= 0.3 is 0 Å². The lowest BCUT2D eigenvalue weighted by Crippen LogP contribution is -2.57. The molecule has 1 aliphatic rings. The molecule has 0 saturated carbocycles. The lowest BCUT2D eigenvalue weighted by molar-refractivity contribution is -0.291. The van der Waals surface area contributed by atoms with Crippen molar-refractivity contribution in [3.05, 3.63) is 0 Å². The highest BCUT2D eigenvalue weighted by atomic mass is 16.8. The molecule has 12 heavy (non-hydrogen) atoms. The first-order valence-electron chi connectivity index (χ1n) is 4.52. The van der Waals surface area contributed by atoms with Gasteiger partial charge in [-0.05, 0) is 47.0 Å². The predicted octanol–water partition coefficient (Wildman–Crippen LogP) is 1.94. The topological polar surface area (TPSA) is 34.8 Å². The van der Waals surface area contributed by atoms with Crippen LogP contribution < -0.4 is 5.90 Å². The first kappa shape index (κ1) is 9.96. The van der Waals surface area contributed by atoms with Crippen LogP contribution in [0.3, 0.4) is 0 Å². The summed E-state index contributed by atoms with van der Waals surface area (Å²) < 4.78 is 0. The zero-order chi connectivity index (χ0) is 9.41. The van der Waals surface area contributed by atoms with Crippen LogP contribution in [0, 0.1) is 0 Å². The molecule has 0 bridgehead atoms. The maximum atomic E-state index is 8.79. The van der Waals surface area contributed by atoms with Crippen molar-refractivity contribution in [2.45, 2.75) is 58.0 Å². The van der Waals surface area contributed by atoms with Gasteiger partial charge < -0.3 is 0 Å². The summed E-state index contributed by atoms with van der Waals surface area (Å²) in [5, 5.41) is 1.70. The Morgan fingerprint density at radius 1 is 1.08 bits per heavy atom. The van der Waals surface area contributed by atoms with E-state index in [0.717, 1.165) is 12.8 Å². The molecule has 1 aliphatic heterocycles. The summed E-state index contributed by atoms with van der Waals surface area (Å²) in [6.45, 7) is 8.35. The maximum absolute atomic E-state index is 8.79. The fourth-order valence-corrected chi connectivity index (χ4v) is 2.20. The third kappa shape index (κ3) is 1.63. The second-order valence-corrected chi connectivity index (χ2v) is 4.85. The Morgan fingerprint density at radius 3 is 1.75 bits per heavy atom. The Balaban J connectivity index is 2.81. The Labute approximate surface area is 74.8 Å². The smallest absolute Gasteiger partial charge is 0.0623 e. The van der Waals surface area contributed by atoms with Gasteiger partial charge in [0, 0.05) is 11.1 Å². The molecule has 0 aliphatic carbocycles. The van der Waals surface area contributed by atoms with E-state index >= 15 is 0 Å². The molecule has 0 spiro atoms. The van der Waals surface area contributed by atoms with Crippen LogP contribution in [0.5, 0.6) is 0 Å². The Kier molecular flexibility index (Phi) is 2.47. The molecule has 1 saturated heterocycles. The van der Waals surface area contributed by atoms with Gasteiger partial charge in [-0.2, -0.15) is 10.0 Å². The largest absolute Gasteiger partial charge is 0.169 e. The highest BCUT2D eigenvalue weighted by Crippen LogP contribution is 2.37. The van der Waals surface area contributed by atoms with Gasteiger partial charge in [0.25, 0.3) is 0 Å². The molecule has 1 heterocycles. The van der Waals surface area contributed by atoms with E-state index in [1.807, 2.05) is 0 Å². The fraction of sp³-hybridized carbons (Fsp3) is 1.00. The number of hydrogen-bond donors (Lipinski definition) is 0. The lowest BCUT2D eigenvalue weighted by Gasteiger charge is -2.49. The van der Waals surface area contributed by atoms with Crippen LogP contribution in [0.15, 0.2) is 0 Å². The average molecular weight is 170 g/mol. The molecule has 70 valence electrons. The van der Waals surface area contributed by atoms with Gasteiger partial charge in [-0.15, -0.1) is 0 Å². The van der Waals surface area contributed by atoms with Crippen molar-refractivity contribution in [3.8, 4) is 0 Å². The van der Waals surface area contributed by atoms with E-state index < -0.39 is 0 Å². The van der Waals surface area contributed by atoms with Gasteiger partial charge in [0.05, 0.1) is 5.90 Å². The molecule has 0 N–H and O–H groups in total. The standard InChI is InChI=1S/C9H18N2O/c1-8(2)6-5-7-9(3,4)11(8)12-10/h5-7H2,1-4H3. The number of rotatable bonds is 1. The molecule has 1 fully saturated rings. The van der Waals surface area contributed by atoms with Crippen LogP contribution >= 0.6 is 0 Å². The minimum Gasteiger partial charge on any atom is -0.169 e. The molecule has 2 radical (unpaired) electrons. The summed E-state index contributed by atoms with van der Waals surface area (Å²) >= 11 is 0. The summed E-state index contributed by atoms with van der Waals surface area (Å²) in [5.41, 5.74) is -0.118.